The van der Waals surface area contributed by atoms with Crippen LogP contribution in [-0.4, -0.2) is 32.7 Å². The van der Waals surface area contributed by atoms with Crippen LogP contribution in [0.4, 0.5) is 11.4 Å². The third kappa shape index (κ3) is 3.19. The molecule has 29 heavy (non-hydrogen) atoms. The molecular weight excluding hydrogens is 388 g/mol. The summed E-state index contributed by atoms with van der Waals surface area (Å²) in [6.07, 6.45) is 0. The lowest BCUT2D eigenvalue weighted by molar-refractivity contribution is -0.125. The number of nitrogens with zero attached hydrogens (tertiary/aromatic N) is 3. The van der Waals surface area contributed by atoms with Gasteiger partial charge in [0.05, 0.1) is 28.0 Å². The monoisotopic (exact) mass is 408 g/mol. The fraction of sp³-hybridized carbons (Fsp3) is 0.238. The Morgan fingerprint density at radius 1 is 1.10 bits per heavy atom. The number of thioether (sulfide) groups is 1. The molecule has 2 amide bonds. The van der Waals surface area contributed by atoms with Gasteiger partial charge in [-0.2, -0.15) is 0 Å². The van der Waals surface area contributed by atoms with E-state index in [4.69, 9.17) is 0 Å². The van der Waals surface area contributed by atoms with Crippen molar-refractivity contribution in [3.63, 3.8) is 0 Å². The number of carbonyl (C=O) groups is 2. The molecule has 1 aliphatic rings. The van der Waals surface area contributed by atoms with Gasteiger partial charge < -0.3 is 5.32 Å². The lowest BCUT2D eigenvalue weighted by atomic mass is 9.96. The highest BCUT2D eigenvalue weighted by atomic mass is 32.2. The van der Waals surface area contributed by atoms with Crippen molar-refractivity contribution in [1.29, 1.82) is 0 Å². The molecule has 2 aromatic carbocycles. The highest BCUT2D eigenvalue weighted by Gasteiger charge is 2.43. The van der Waals surface area contributed by atoms with E-state index in [1.807, 2.05) is 24.3 Å². The molecule has 1 aromatic heterocycles. The first-order valence-corrected chi connectivity index (χ1v) is 10.1. The van der Waals surface area contributed by atoms with Gasteiger partial charge >= 0.3 is 0 Å². The molecule has 0 aliphatic carbocycles. The van der Waals surface area contributed by atoms with Crippen molar-refractivity contribution in [2.24, 2.45) is 7.05 Å². The van der Waals surface area contributed by atoms with Crippen molar-refractivity contribution in [2.45, 2.75) is 24.5 Å². The number of para-hydroxylation sites is 3. The number of carbonyl (C=O) groups excluding carboxylic acids is 2. The maximum absolute atomic E-state index is 13.2. The van der Waals surface area contributed by atoms with Crippen molar-refractivity contribution in [3.8, 4) is 0 Å². The van der Waals surface area contributed by atoms with Crippen LogP contribution in [0.1, 0.15) is 13.8 Å². The summed E-state index contributed by atoms with van der Waals surface area (Å²) in [6.45, 7) is 3.43. The number of hydrogen-bond donors (Lipinski definition) is 1. The number of fused-ring (bicyclic) bond motifs is 2. The molecule has 0 bridgehead atoms. The zero-order valence-corrected chi connectivity index (χ0v) is 17.1. The Morgan fingerprint density at radius 2 is 1.79 bits per heavy atom. The minimum atomic E-state index is -1.03. The Morgan fingerprint density at radius 3 is 2.59 bits per heavy atom. The first-order chi connectivity index (χ1) is 13.8. The molecule has 0 saturated carbocycles. The smallest absolute Gasteiger partial charge is 0.261 e. The van der Waals surface area contributed by atoms with Gasteiger partial charge in [0.1, 0.15) is 5.54 Å². The van der Waals surface area contributed by atoms with E-state index in [9.17, 15) is 14.4 Å². The molecule has 0 atom stereocenters. The molecule has 3 aromatic rings. The highest BCUT2D eigenvalue weighted by molar-refractivity contribution is 7.99. The first-order valence-electron chi connectivity index (χ1n) is 9.13. The van der Waals surface area contributed by atoms with Crippen LogP contribution in [0.2, 0.25) is 0 Å². The second-order valence-electron chi connectivity index (χ2n) is 7.32. The molecule has 0 radical (unpaired) electrons. The minimum Gasteiger partial charge on any atom is -0.322 e. The third-order valence-corrected chi connectivity index (χ3v) is 6.04. The summed E-state index contributed by atoms with van der Waals surface area (Å²) in [4.78, 5) is 44.3. The first kappa shape index (κ1) is 19.2. The molecule has 8 heteroatoms. The van der Waals surface area contributed by atoms with E-state index in [0.717, 1.165) is 0 Å². The second kappa shape index (κ2) is 7.04. The van der Waals surface area contributed by atoms with Crippen LogP contribution in [-0.2, 0) is 16.6 Å². The van der Waals surface area contributed by atoms with Gasteiger partial charge in [0, 0.05) is 7.05 Å². The SMILES string of the molecule is Cn1c(SCC(=O)N2c3ccccc3NC(=O)C2(C)C)nc2ccccc2c1=O. The average Bonchev–Trinajstić information content (AvgIpc) is 2.70. The Kier molecular flexibility index (Phi) is 4.66. The summed E-state index contributed by atoms with van der Waals surface area (Å²) in [5.74, 6) is -0.431. The number of anilines is 2. The molecule has 1 N–H and O–H groups in total. The summed E-state index contributed by atoms with van der Waals surface area (Å²) in [5.41, 5.74) is 0.658. The summed E-state index contributed by atoms with van der Waals surface area (Å²) >= 11 is 1.18. The van der Waals surface area contributed by atoms with Crippen molar-refractivity contribution in [2.75, 3.05) is 16.0 Å². The predicted octanol–water partition coefficient (Wildman–Crippen LogP) is 2.79. The molecule has 1 aliphatic heterocycles. The molecule has 0 saturated heterocycles. The highest BCUT2D eigenvalue weighted by Crippen LogP contribution is 2.37. The van der Waals surface area contributed by atoms with Crippen molar-refractivity contribution >= 4 is 45.9 Å². The van der Waals surface area contributed by atoms with Crippen molar-refractivity contribution in [1.82, 2.24) is 9.55 Å². The van der Waals surface area contributed by atoms with Crippen LogP contribution in [0.5, 0.6) is 0 Å². The Hall–Kier alpha value is -3.13. The van der Waals surface area contributed by atoms with E-state index in [0.29, 0.717) is 27.4 Å². The minimum absolute atomic E-state index is 0.0453. The fourth-order valence-electron chi connectivity index (χ4n) is 3.42. The van der Waals surface area contributed by atoms with E-state index < -0.39 is 5.54 Å². The van der Waals surface area contributed by atoms with E-state index in [-0.39, 0.29) is 23.1 Å². The number of nitrogens with one attached hydrogen (secondary N) is 1. The van der Waals surface area contributed by atoms with Crippen molar-refractivity contribution < 1.29 is 9.59 Å². The maximum atomic E-state index is 13.2. The zero-order chi connectivity index (χ0) is 20.8. The van der Waals surface area contributed by atoms with Crippen molar-refractivity contribution in [3.05, 3.63) is 58.9 Å². The second-order valence-corrected chi connectivity index (χ2v) is 8.27. The molecule has 148 valence electrons. The topological polar surface area (TPSA) is 84.3 Å². The summed E-state index contributed by atoms with van der Waals surface area (Å²) in [5, 5.41) is 3.84. The summed E-state index contributed by atoms with van der Waals surface area (Å²) < 4.78 is 1.45. The average molecular weight is 408 g/mol. The van der Waals surface area contributed by atoms with Gasteiger partial charge in [0.25, 0.3) is 5.56 Å². The van der Waals surface area contributed by atoms with E-state index in [2.05, 4.69) is 10.3 Å². The van der Waals surface area contributed by atoms with Gasteiger partial charge in [0.2, 0.25) is 11.8 Å². The van der Waals surface area contributed by atoms with Gasteiger partial charge in [-0.3, -0.25) is 23.9 Å². The van der Waals surface area contributed by atoms with Gasteiger partial charge in [-0.05, 0) is 38.1 Å². The summed E-state index contributed by atoms with van der Waals surface area (Å²) in [6, 6.07) is 14.3. The van der Waals surface area contributed by atoms with Crippen LogP contribution in [0.25, 0.3) is 10.9 Å². The van der Waals surface area contributed by atoms with Crippen LogP contribution in [0.3, 0.4) is 0 Å². The summed E-state index contributed by atoms with van der Waals surface area (Å²) in [7, 11) is 1.64. The van der Waals surface area contributed by atoms with Crippen LogP contribution >= 0.6 is 11.8 Å². The Bertz CT molecular complexity index is 1200. The lowest BCUT2D eigenvalue weighted by Gasteiger charge is -2.42. The van der Waals surface area contributed by atoms with Gasteiger partial charge in [-0.15, -0.1) is 0 Å². The molecule has 0 spiro atoms. The maximum Gasteiger partial charge on any atom is 0.261 e. The molecule has 2 heterocycles. The van der Waals surface area contributed by atoms with Crippen LogP contribution in [0.15, 0.2) is 58.5 Å². The number of benzene rings is 2. The largest absolute Gasteiger partial charge is 0.322 e. The van der Waals surface area contributed by atoms with E-state index in [1.54, 1.807) is 45.2 Å². The molecule has 7 nitrogen and oxygen atoms in total. The van der Waals surface area contributed by atoms with Crippen LogP contribution in [0, 0.1) is 0 Å². The molecule has 4 rings (SSSR count). The quantitative estimate of drug-likeness (QED) is 0.532. The third-order valence-electron chi connectivity index (χ3n) is 5.02. The number of aromatic nitrogens is 2. The Balaban J connectivity index is 1.65. The fourth-order valence-corrected chi connectivity index (χ4v) is 4.24. The number of amides is 2. The number of rotatable bonds is 3. The lowest BCUT2D eigenvalue weighted by Crippen LogP contribution is -2.59. The van der Waals surface area contributed by atoms with Crippen LogP contribution < -0.4 is 15.8 Å². The molecule has 0 fully saturated rings. The Labute approximate surface area is 171 Å². The normalized spacial score (nSPS) is 15.1. The van der Waals surface area contributed by atoms with Gasteiger partial charge in [-0.25, -0.2) is 4.98 Å². The molecule has 0 unspecified atom stereocenters. The standard InChI is InChI=1S/C21H20N4O3S/c1-21(2)19(28)22-15-10-6-7-11-16(15)25(21)17(26)12-29-20-23-14-9-5-4-8-13(14)18(27)24(20)3/h4-11H,12H2,1-3H3,(H,22,28). The van der Waals surface area contributed by atoms with E-state index >= 15 is 0 Å². The predicted molar refractivity (Wildman–Crippen MR) is 114 cm³/mol. The zero-order valence-electron chi connectivity index (χ0n) is 16.3. The van der Waals surface area contributed by atoms with E-state index in [1.165, 1.54) is 21.2 Å². The van der Waals surface area contributed by atoms with Gasteiger partial charge in [-0.1, -0.05) is 36.0 Å². The number of hydrogen-bond acceptors (Lipinski definition) is 5. The molecular formula is C21H20N4O3S. The van der Waals surface area contributed by atoms with Gasteiger partial charge in [0.15, 0.2) is 5.16 Å².